The lowest BCUT2D eigenvalue weighted by molar-refractivity contribution is -0.140. The number of aliphatic hydroxyl groups is 2. The van der Waals surface area contributed by atoms with Gasteiger partial charge in [0.2, 0.25) is 58.8 Å². The Hall–Kier alpha value is -9.80. The standard InChI is InChI=1S/C82H121N15O17/c1-48(2)37-62-74(108)73(107)60(33-34-71(83)106)89-47-88-50(5)67(102)42-68(103)61(41-56-43-86-59-28-22-21-27-58(56)59)91-76(110)63(39-55-29-31-57(101)32-30-55)87-44-69(104)51(6)85-45-70(105)81(9,35-23-16-14-12-11-13-15-17-24-36-82(10,97-96-62)80(114)93-66(46-98)75(84)109)95-78(112)65(40-54-25-19-18-20-26-54)92-79(113)72(52(7)99)94-77(111)64(38-49(3)4)90-53(8)100/h13,15,18-22,25-32,43,48-52,60-66,72,85-89,96-99,101H,11-12,14,16-17,23-24,33-42,44-47H2,1-10H3,(H2,83,106)(H2,84,109)(H,90,100)(H,91,110)(H,92,113)(H,93,114)(H,94,111)(H,95,112)/t50-,51-,52+,60-,61-,62-,63-,64-,65-,66-,72-,81+,82-/m0/s1. The Bertz CT molecular complexity index is 3940. The number of fused-ring (bicyclic) bond motifs is 1. The Kier molecular flexibility index (Phi) is 39.2. The highest BCUT2D eigenvalue weighted by Gasteiger charge is 2.41. The molecule has 20 N–H and O–H groups in total. The number of nitrogens with two attached hydrogens (primary N) is 2. The first-order chi connectivity index (χ1) is 53.9. The van der Waals surface area contributed by atoms with Gasteiger partial charge < -0.3 is 69.0 Å². The molecule has 1 aliphatic heterocycles. The number of aromatic amines is 1. The van der Waals surface area contributed by atoms with Crippen LogP contribution in [-0.4, -0.2) is 206 Å². The Morgan fingerprint density at radius 1 is 0.614 bits per heavy atom. The molecule has 5 rings (SSSR count). The van der Waals surface area contributed by atoms with Crippen LogP contribution in [0.25, 0.3) is 10.9 Å². The molecule has 1 aliphatic rings. The van der Waals surface area contributed by atoms with Crippen LogP contribution in [-0.2, 0) is 86.4 Å². The van der Waals surface area contributed by atoms with Crippen LogP contribution < -0.4 is 75.5 Å². The van der Waals surface area contributed by atoms with Crippen LogP contribution in [0.5, 0.6) is 5.75 Å². The number of benzene rings is 3. The summed E-state index contributed by atoms with van der Waals surface area (Å²) in [4.78, 5) is 199. The number of Topliss-reactive ketones (excluding diaryl/α,β-unsaturated/α-hetero) is 6. The topological polar surface area (TPSA) is 512 Å². The molecule has 0 aliphatic carbocycles. The summed E-state index contributed by atoms with van der Waals surface area (Å²) in [6.07, 6.45) is 6.49. The maximum absolute atomic E-state index is 15.0. The molecule has 114 heavy (non-hydrogen) atoms. The smallest absolute Gasteiger partial charge is 0.245 e. The van der Waals surface area contributed by atoms with Crippen molar-refractivity contribution in [3.63, 3.8) is 0 Å². The summed E-state index contributed by atoms with van der Waals surface area (Å²) in [7, 11) is 0. The van der Waals surface area contributed by atoms with Gasteiger partial charge in [-0.15, -0.1) is 0 Å². The van der Waals surface area contributed by atoms with Gasteiger partial charge in [-0.3, -0.25) is 83.1 Å². The van der Waals surface area contributed by atoms with E-state index in [1.807, 2.05) is 44.2 Å². The normalized spacial score (nSPS) is 23.4. The molecule has 32 heteroatoms. The molecule has 1 aromatic heterocycles. The number of nitrogens with one attached hydrogen (secondary N) is 13. The van der Waals surface area contributed by atoms with Gasteiger partial charge in [-0.05, 0) is 146 Å². The number of hydrogen-bond donors (Lipinski definition) is 18. The second-order valence-corrected chi connectivity index (χ2v) is 31.0. The number of hydrogen-bond acceptors (Lipinski definition) is 23. The third-order valence-corrected chi connectivity index (χ3v) is 20.2. The van der Waals surface area contributed by atoms with Crippen molar-refractivity contribution < 1.29 is 82.4 Å². The van der Waals surface area contributed by atoms with Gasteiger partial charge in [-0.1, -0.05) is 120 Å². The van der Waals surface area contributed by atoms with E-state index in [-0.39, 0.29) is 82.0 Å². The van der Waals surface area contributed by atoms with Crippen molar-refractivity contribution in [1.82, 2.24) is 69.0 Å². The molecule has 0 radical (unpaired) electrons. The molecule has 0 fully saturated rings. The minimum Gasteiger partial charge on any atom is -0.508 e. The number of carbonyl (C=O) groups excluding carboxylic acids is 14. The number of aromatic hydroxyl groups is 1. The summed E-state index contributed by atoms with van der Waals surface area (Å²) in [6, 6.07) is 8.87. The maximum Gasteiger partial charge on any atom is 0.245 e. The van der Waals surface area contributed by atoms with Crippen molar-refractivity contribution in [2.45, 2.75) is 256 Å². The number of phenolic OH excluding ortho intramolecular Hbond substituents is 1. The summed E-state index contributed by atoms with van der Waals surface area (Å²) in [5, 5.41) is 59.9. The number of hydrazine groups is 1. The number of rotatable bonds is 25. The van der Waals surface area contributed by atoms with Crippen molar-refractivity contribution in [1.29, 1.82) is 0 Å². The van der Waals surface area contributed by atoms with Gasteiger partial charge >= 0.3 is 0 Å². The minimum atomic E-state index is -1.68. The minimum absolute atomic E-state index is 0.0536. The Morgan fingerprint density at radius 2 is 1.26 bits per heavy atom. The zero-order valence-corrected chi connectivity index (χ0v) is 67.3. The Labute approximate surface area is 666 Å². The van der Waals surface area contributed by atoms with E-state index in [0.717, 1.165) is 10.9 Å². The SMILES string of the molecule is CC(=O)N[C@@H](CC(C)C)C(=O)N[C@H](C(=O)N[C@@H](Cc1ccccc1)C(=O)N[C@]1(C)CCCCCCC=CCCC[C@@](C)(C(=O)N[C@@H](CO)C(N)=O)NN[C@@H](CC(C)C)C(=O)C(=O)[C@H](CCC(N)=O)NCN[C@@H](C)C(=O)CC(=O)[C@H](Cc2c[nH]c3ccccc23)NC(=O)[C@H](Cc2ccc(O)cc2)NCC(=O)[C@H](C)NCC1=O)[C@@H](C)O. The van der Waals surface area contributed by atoms with E-state index in [9.17, 15) is 82.4 Å². The van der Waals surface area contributed by atoms with Gasteiger partial charge in [0.25, 0.3) is 0 Å². The molecule has 3 aromatic carbocycles. The third kappa shape index (κ3) is 31.5. The van der Waals surface area contributed by atoms with Gasteiger partial charge in [0.05, 0.1) is 74.0 Å². The Morgan fingerprint density at radius 3 is 1.90 bits per heavy atom. The Balaban J connectivity index is 1.53. The number of carbonyl (C=O) groups is 14. The summed E-state index contributed by atoms with van der Waals surface area (Å²) < 4.78 is 0. The molecule has 2 heterocycles. The molecule has 0 saturated carbocycles. The number of amides is 8. The average molecular weight is 1590 g/mol. The first kappa shape index (κ1) is 94.8. The van der Waals surface area contributed by atoms with E-state index in [1.165, 1.54) is 53.7 Å². The van der Waals surface area contributed by atoms with Crippen LogP contribution in [0.3, 0.4) is 0 Å². The van der Waals surface area contributed by atoms with Crippen molar-refractivity contribution in [2.24, 2.45) is 23.3 Å². The van der Waals surface area contributed by atoms with Crippen LogP contribution >= 0.6 is 0 Å². The predicted molar refractivity (Wildman–Crippen MR) is 429 cm³/mol. The summed E-state index contributed by atoms with van der Waals surface area (Å²) >= 11 is 0. The van der Waals surface area contributed by atoms with Gasteiger partial charge in [-0.25, -0.2) is 10.9 Å². The number of aromatic nitrogens is 1. The number of ketones is 6. The van der Waals surface area contributed by atoms with Gasteiger partial charge in [0.1, 0.15) is 35.5 Å². The summed E-state index contributed by atoms with van der Waals surface area (Å²) in [6.45, 7) is 13.7. The molecule has 8 amide bonds. The van der Waals surface area contributed by atoms with Crippen LogP contribution in [0.2, 0.25) is 0 Å². The van der Waals surface area contributed by atoms with Crippen molar-refractivity contribution in [2.75, 3.05) is 26.4 Å². The van der Waals surface area contributed by atoms with E-state index < -0.39 is 186 Å². The van der Waals surface area contributed by atoms with E-state index >= 15 is 0 Å². The van der Waals surface area contributed by atoms with E-state index in [1.54, 1.807) is 68.6 Å². The van der Waals surface area contributed by atoms with Crippen LogP contribution in [0.15, 0.2) is 97.2 Å². The number of primary amides is 2. The quantitative estimate of drug-likeness (QED) is 0.0253. The zero-order chi connectivity index (χ0) is 84.4. The fraction of sp³-hybridized carbons (Fsp3) is 0.561. The average Bonchev–Trinajstić information content (AvgIpc) is 1.69. The highest BCUT2D eigenvalue weighted by molar-refractivity contribution is 6.41. The highest BCUT2D eigenvalue weighted by atomic mass is 16.3. The van der Waals surface area contributed by atoms with Crippen molar-refractivity contribution >= 4 is 92.9 Å². The van der Waals surface area contributed by atoms with E-state index in [0.29, 0.717) is 61.6 Å². The molecule has 0 unspecified atom stereocenters. The second-order valence-electron chi connectivity index (χ2n) is 31.0. The lowest BCUT2D eigenvalue weighted by Gasteiger charge is -2.33. The highest BCUT2D eigenvalue weighted by Crippen LogP contribution is 2.24. The number of aliphatic hydroxyl groups excluding tert-OH is 2. The summed E-state index contributed by atoms with van der Waals surface area (Å²) in [5.41, 5.74) is 16.1. The predicted octanol–water partition coefficient (Wildman–Crippen LogP) is 1.37. The molecule has 626 valence electrons. The fourth-order valence-electron chi connectivity index (χ4n) is 13.1. The fourth-order valence-corrected chi connectivity index (χ4v) is 13.1. The first-order valence-corrected chi connectivity index (χ1v) is 39.3. The van der Waals surface area contributed by atoms with Gasteiger partial charge in [0.15, 0.2) is 23.1 Å². The number of para-hydroxylation sites is 1. The maximum atomic E-state index is 15.0. The second kappa shape index (κ2) is 47.1. The number of phenols is 1. The molecule has 4 aromatic rings. The monoisotopic (exact) mass is 1590 g/mol. The van der Waals surface area contributed by atoms with Crippen molar-refractivity contribution in [3.8, 4) is 5.75 Å². The van der Waals surface area contributed by atoms with Crippen LogP contribution in [0.4, 0.5) is 0 Å². The van der Waals surface area contributed by atoms with Gasteiger partial charge in [-0.2, -0.15) is 0 Å². The van der Waals surface area contributed by atoms with E-state index in [4.69, 9.17) is 11.5 Å². The molecule has 0 saturated heterocycles. The van der Waals surface area contributed by atoms with Crippen LogP contribution in [0.1, 0.15) is 176 Å². The molecular weight excluding hydrogens is 1470 g/mol. The van der Waals surface area contributed by atoms with Crippen LogP contribution in [0, 0.1) is 11.8 Å². The molecule has 0 spiro atoms. The molecule has 0 bridgehead atoms. The lowest BCUT2D eigenvalue weighted by atomic mass is 9.88. The molecule has 13 atom stereocenters. The number of allylic oxidation sites excluding steroid dienone is 2. The van der Waals surface area contributed by atoms with Crippen molar-refractivity contribution in [3.05, 3.63) is 114 Å². The van der Waals surface area contributed by atoms with Gasteiger partial charge in [0, 0.05) is 50.0 Å². The molecular formula is C82H121N15O17. The summed E-state index contributed by atoms with van der Waals surface area (Å²) in [5.74, 6) is -11.0. The lowest BCUT2D eigenvalue weighted by Crippen LogP contribution is -2.65. The van der Waals surface area contributed by atoms with E-state index in [2.05, 4.69) is 69.0 Å². The zero-order valence-electron chi connectivity index (χ0n) is 67.3. The third-order valence-electron chi connectivity index (χ3n) is 20.2. The largest absolute Gasteiger partial charge is 0.508 e. The molecule has 32 nitrogen and oxygen atoms in total. The first-order valence-electron chi connectivity index (χ1n) is 39.3. The number of H-pyrrole nitrogens is 1.